The fourth-order valence-corrected chi connectivity index (χ4v) is 2.24. The number of piperidine rings is 1. The van der Waals surface area contributed by atoms with Crippen molar-refractivity contribution in [2.45, 2.75) is 26.3 Å². The van der Waals surface area contributed by atoms with Gasteiger partial charge in [0.15, 0.2) is 5.82 Å². The summed E-state index contributed by atoms with van der Waals surface area (Å²) in [4.78, 5) is 28.9. The van der Waals surface area contributed by atoms with Crippen LogP contribution in [0, 0.1) is 5.92 Å². The fraction of sp³-hybridized carbons (Fsp3) is 0.583. The van der Waals surface area contributed by atoms with Crippen molar-refractivity contribution < 1.29 is 9.90 Å². The first-order valence-corrected chi connectivity index (χ1v) is 6.16. The molecular weight excluding hydrogens is 234 g/mol. The van der Waals surface area contributed by atoms with Crippen LogP contribution in [-0.2, 0) is 11.3 Å². The lowest BCUT2D eigenvalue weighted by atomic mass is 9.97. The molecule has 0 spiro atoms. The average molecular weight is 251 g/mol. The number of aryl methyl sites for hydroxylation is 1. The highest BCUT2D eigenvalue weighted by Gasteiger charge is 2.26. The number of anilines is 1. The van der Waals surface area contributed by atoms with E-state index in [1.165, 1.54) is 0 Å². The van der Waals surface area contributed by atoms with E-state index in [2.05, 4.69) is 4.98 Å². The van der Waals surface area contributed by atoms with Crippen LogP contribution in [0.1, 0.15) is 19.8 Å². The summed E-state index contributed by atoms with van der Waals surface area (Å²) in [6.45, 7) is 3.67. The van der Waals surface area contributed by atoms with Gasteiger partial charge >= 0.3 is 5.97 Å². The normalized spacial score (nSPS) is 16.8. The quantitative estimate of drug-likeness (QED) is 0.849. The molecule has 1 saturated heterocycles. The molecular formula is C12H17N3O3. The standard InChI is InChI=1S/C12H17N3O3/c1-2-14-8-5-13-10(11(14)16)15-6-3-9(4-7-15)12(17)18/h5,8-9H,2-4,6-7H2,1H3,(H,17,18). The predicted molar refractivity (Wildman–Crippen MR) is 66.7 cm³/mol. The zero-order valence-electron chi connectivity index (χ0n) is 10.4. The molecule has 1 aliphatic rings. The lowest BCUT2D eigenvalue weighted by Crippen LogP contribution is -2.40. The van der Waals surface area contributed by atoms with Gasteiger partial charge in [0.25, 0.3) is 5.56 Å². The van der Waals surface area contributed by atoms with Crippen LogP contribution in [0.3, 0.4) is 0 Å². The van der Waals surface area contributed by atoms with Gasteiger partial charge in [-0.1, -0.05) is 0 Å². The Morgan fingerprint density at radius 2 is 2.17 bits per heavy atom. The van der Waals surface area contributed by atoms with E-state index in [1.807, 2.05) is 11.8 Å². The number of nitrogens with zero attached hydrogens (tertiary/aromatic N) is 3. The molecule has 0 aliphatic carbocycles. The maximum absolute atomic E-state index is 12.1. The molecule has 1 aliphatic heterocycles. The fourth-order valence-electron chi connectivity index (χ4n) is 2.24. The van der Waals surface area contributed by atoms with Crippen LogP contribution in [-0.4, -0.2) is 33.7 Å². The van der Waals surface area contributed by atoms with Gasteiger partial charge in [-0.2, -0.15) is 0 Å². The Kier molecular flexibility index (Phi) is 3.64. The highest BCUT2D eigenvalue weighted by atomic mass is 16.4. The molecule has 2 rings (SSSR count). The third-order valence-electron chi connectivity index (χ3n) is 3.38. The van der Waals surface area contributed by atoms with Crippen LogP contribution in [0.15, 0.2) is 17.2 Å². The molecule has 1 fully saturated rings. The number of aliphatic carboxylic acids is 1. The maximum atomic E-state index is 12.1. The van der Waals surface area contributed by atoms with Crippen LogP contribution in [0.2, 0.25) is 0 Å². The molecule has 0 aromatic carbocycles. The van der Waals surface area contributed by atoms with Crippen LogP contribution in [0.25, 0.3) is 0 Å². The Labute approximate surface area is 105 Å². The minimum atomic E-state index is -0.748. The van der Waals surface area contributed by atoms with Crippen molar-refractivity contribution in [2.75, 3.05) is 18.0 Å². The van der Waals surface area contributed by atoms with Gasteiger partial charge < -0.3 is 14.6 Å². The summed E-state index contributed by atoms with van der Waals surface area (Å²) in [5.41, 5.74) is -0.103. The highest BCUT2D eigenvalue weighted by Crippen LogP contribution is 2.19. The average Bonchev–Trinajstić information content (AvgIpc) is 2.39. The molecule has 0 unspecified atom stereocenters. The number of carbonyl (C=O) groups is 1. The molecule has 0 saturated carbocycles. The van der Waals surface area contributed by atoms with E-state index in [4.69, 9.17) is 5.11 Å². The van der Waals surface area contributed by atoms with E-state index in [9.17, 15) is 9.59 Å². The molecule has 18 heavy (non-hydrogen) atoms. The number of carboxylic acid groups (broad SMARTS) is 1. The molecule has 0 bridgehead atoms. The Balaban J connectivity index is 2.15. The van der Waals surface area contributed by atoms with Gasteiger partial charge in [-0.15, -0.1) is 0 Å². The van der Waals surface area contributed by atoms with Crippen molar-refractivity contribution in [1.29, 1.82) is 0 Å². The zero-order valence-corrected chi connectivity index (χ0v) is 10.4. The summed E-state index contributed by atoms with van der Waals surface area (Å²) in [5.74, 6) is -0.608. The smallest absolute Gasteiger partial charge is 0.306 e. The van der Waals surface area contributed by atoms with Gasteiger partial charge in [0.1, 0.15) is 0 Å². The van der Waals surface area contributed by atoms with Crippen molar-refractivity contribution in [3.8, 4) is 0 Å². The molecule has 1 N–H and O–H groups in total. The first-order valence-electron chi connectivity index (χ1n) is 6.16. The first-order chi connectivity index (χ1) is 8.63. The van der Waals surface area contributed by atoms with E-state index in [-0.39, 0.29) is 11.5 Å². The van der Waals surface area contributed by atoms with Gasteiger partial charge in [0.2, 0.25) is 0 Å². The Morgan fingerprint density at radius 1 is 1.50 bits per heavy atom. The highest BCUT2D eigenvalue weighted by molar-refractivity contribution is 5.70. The van der Waals surface area contributed by atoms with Gasteiger partial charge in [0, 0.05) is 32.0 Å². The van der Waals surface area contributed by atoms with Crippen molar-refractivity contribution >= 4 is 11.8 Å². The van der Waals surface area contributed by atoms with Gasteiger partial charge in [-0.05, 0) is 19.8 Å². The van der Waals surface area contributed by atoms with Crippen molar-refractivity contribution in [2.24, 2.45) is 5.92 Å². The minimum Gasteiger partial charge on any atom is -0.481 e. The largest absolute Gasteiger partial charge is 0.481 e. The monoisotopic (exact) mass is 251 g/mol. The Bertz CT molecular complexity index is 490. The van der Waals surface area contributed by atoms with E-state index in [1.54, 1.807) is 17.0 Å². The summed E-state index contributed by atoms with van der Waals surface area (Å²) in [6, 6.07) is 0. The number of hydrogen-bond donors (Lipinski definition) is 1. The molecule has 98 valence electrons. The molecule has 0 amide bonds. The first kappa shape index (κ1) is 12.6. The molecule has 1 aromatic heterocycles. The summed E-state index contributed by atoms with van der Waals surface area (Å²) < 4.78 is 1.60. The second-order valence-electron chi connectivity index (χ2n) is 4.44. The molecule has 0 atom stereocenters. The van der Waals surface area contributed by atoms with Gasteiger partial charge in [-0.3, -0.25) is 9.59 Å². The van der Waals surface area contributed by atoms with E-state index in [0.717, 1.165) is 0 Å². The summed E-state index contributed by atoms with van der Waals surface area (Å²) >= 11 is 0. The second kappa shape index (κ2) is 5.20. The van der Waals surface area contributed by atoms with E-state index in [0.29, 0.717) is 38.3 Å². The number of aromatic nitrogens is 2. The minimum absolute atomic E-state index is 0.103. The molecule has 6 heteroatoms. The molecule has 2 heterocycles. The maximum Gasteiger partial charge on any atom is 0.306 e. The Hall–Kier alpha value is -1.85. The molecule has 1 aromatic rings. The summed E-state index contributed by atoms with van der Waals surface area (Å²) in [5, 5.41) is 8.93. The van der Waals surface area contributed by atoms with E-state index >= 15 is 0 Å². The second-order valence-corrected chi connectivity index (χ2v) is 4.44. The van der Waals surface area contributed by atoms with Gasteiger partial charge in [-0.25, -0.2) is 4.98 Å². The van der Waals surface area contributed by atoms with Gasteiger partial charge in [0.05, 0.1) is 5.92 Å². The lowest BCUT2D eigenvalue weighted by molar-refractivity contribution is -0.142. The van der Waals surface area contributed by atoms with Crippen molar-refractivity contribution in [1.82, 2.24) is 9.55 Å². The SMILES string of the molecule is CCn1ccnc(N2CCC(C(=O)O)CC2)c1=O. The third-order valence-corrected chi connectivity index (χ3v) is 3.38. The molecule has 6 nitrogen and oxygen atoms in total. The Morgan fingerprint density at radius 3 is 2.72 bits per heavy atom. The van der Waals surface area contributed by atoms with Crippen LogP contribution >= 0.6 is 0 Å². The topological polar surface area (TPSA) is 75.4 Å². The van der Waals surface area contributed by atoms with Crippen LogP contribution in [0.4, 0.5) is 5.82 Å². The summed E-state index contributed by atoms with van der Waals surface area (Å²) in [6.07, 6.45) is 4.41. The number of rotatable bonds is 3. The van der Waals surface area contributed by atoms with Crippen molar-refractivity contribution in [3.05, 3.63) is 22.7 Å². The van der Waals surface area contributed by atoms with E-state index < -0.39 is 5.97 Å². The zero-order chi connectivity index (χ0) is 13.1. The predicted octanol–water partition coefficient (Wildman–Crippen LogP) is 0.564. The molecule has 0 radical (unpaired) electrons. The lowest BCUT2D eigenvalue weighted by Gasteiger charge is -2.30. The number of carboxylic acids is 1. The third kappa shape index (κ3) is 2.37. The van der Waals surface area contributed by atoms with Crippen LogP contribution in [0.5, 0.6) is 0 Å². The summed E-state index contributed by atoms with van der Waals surface area (Å²) in [7, 11) is 0. The van der Waals surface area contributed by atoms with Crippen molar-refractivity contribution in [3.63, 3.8) is 0 Å². The van der Waals surface area contributed by atoms with Crippen LogP contribution < -0.4 is 10.5 Å². The number of hydrogen-bond acceptors (Lipinski definition) is 4.